The zero-order chi connectivity index (χ0) is 18.1. The molecule has 1 rings (SSSR count). The molecular weight excluding hydrogens is 316 g/mol. The molecule has 0 aromatic heterocycles. The predicted molar refractivity (Wildman–Crippen MR) is 87.6 cm³/mol. The van der Waals surface area contributed by atoms with E-state index in [-0.39, 0.29) is 12.5 Å². The number of amides is 1. The Bertz CT molecular complexity index is 541. The van der Waals surface area contributed by atoms with Crippen molar-refractivity contribution < 1.29 is 23.1 Å². The number of halogens is 2. The van der Waals surface area contributed by atoms with Gasteiger partial charge < -0.3 is 10.1 Å². The maximum Gasteiger partial charge on any atom is 0.328 e. The molecule has 24 heavy (non-hydrogen) atoms. The summed E-state index contributed by atoms with van der Waals surface area (Å²) in [5.74, 6) is -3.77. The average Bonchev–Trinajstić information content (AvgIpc) is 2.51. The lowest BCUT2D eigenvalue weighted by Crippen LogP contribution is -2.45. The highest BCUT2D eigenvalue weighted by Crippen LogP contribution is 2.14. The highest BCUT2D eigenvalue weighted by molar-refractivity contribution is 5.97. The number of hydrogen-bond acceptors (Lipinski definition) is 3. The molecule has 1 aromatic carbocycles. The molecule has 0 spiro atoms. The molecule has 0 fully saturated rings. The van der Waals surface area contributed by atoms with Crippen LogP contribution in [-0.2, 0) is 9.53 Å². The molecule has 0 aliphatic carbocycles. The van der Waals surface area contributed by atoms with Crippen LogP contribution in [0.3, 0.4) is 0 Å². The Labute approximate surface area is 141 Å². The van der Waals surface area contributed by atoms with Gasteiger partial charge in [0.25, 0.3) is 5.91 Å². The second-order valence-corrected chi connectivity index (χ2v) is 6.02. The Hall–Kier alpha value is -1.98. The molecule has 6 heteroatoms. The van der Waals surface area contributed by atoms with Gasteiger partial charge in [0.15, 0.2) is 0 Å². The third kappa shape index (κ3) is 5.91. The summed E-state index contributed by atoms with van der Waals surface area (Å²) in [5.41, 5.74) is -0.695. The van der Waals surface area contributed by atoms with E-state index >= 15 is 0 Å². The zero-order valence-corrected chi connectivity index (χ0v) is 14.4. The van der Waals surface area contributed by atoms with Gasteiger partial charge in [-0.3, -0.25) is 4.79 Å². The number of rotatable bonds is 9. The average molecular weight is 341 g/mol. The summed E-state index contributed by atoms with van der Waals surface area (Å²) in [5, 5.41) is 2.37. The lowest BCUT2D eigenvalue weighted by atomic mass is 10.0. The zero-order valence-electron chi connectivity index (χ0n) is 14.4. The summed E-state index contributed by atoms with van der Waals surface area (Å²) in [6.07, 6.45) is 3.85. The topological polar surface area (TPSA) is 55.4 Å². The van der Waals surface area contributed by atoms with Crippen LogP contribution in [0.1, 0.15) is 56.8 Å². The van der Waals surface area contributed by atoms with Crippen LogP contribution in [0.5, 0.6) is 0 Å². The first-order chi connectivity index (χ1) is 11.4. The summed E-state index contributed by atoms with van der Waals surface area (Å²) in [7, 11) is 0. The van der Waals surface area contributed by atoms with Crippen LogP contribution in [0.4, 0.5) is 8.78 Å². The molecular formula is C18H25F2NO3. The van der Waals surface area contributed by atoms with E-state index in [1.165, 1.54) is 6.07 Å². The van der Waals surface area contributed by atoms with E-state index in [1.54, 1.807) is 13.8 Å². The minimum absolute atomic E-state index is 0.270. The van der Waals surface area contributed by atoms with Gasteiger partial charge in [-0.05, 0) is 24.5 Å². The maximum absolute atomic E-state index is 13.7. The van der Waals surface area contributed by atoms with Gasteiger partial charge in [-0.2, -0.15) is 0 Å². The van der Waals surface area contributed by atoms with Gasteiger partial charge in [0.05, 0.1) is 6.61 Å². The first kappa shape index (κ1) is 20.1. The smallest absolute Gasteiger partial charge is 0.328 e. The van der Waals surface area contributed by atoms with Crippen molar-refractivity contribution in [1.82, 2.24) is 5.32 Å². The van der Waals surface area contributed by atoms with Crippen LogP contribution in [0.15, 0.2) is 18.2 Å². The number of benzene rings is 1. The fraction of sp³-hybridized carbons (Fsp3) is 0.556. The highest BCUT2D eigenvalue weighted by Gasteiger charge is 2.28. The molecule has 1 atom stereocenters. The van der Waals surface area contributed by atoms with Crippen molar-refractivity contribution in [1.29, 1.82) is 0 Å². The molecule has 1 aromatic rings. The van der Waals surface area contributed by atoms with Gasteiger partial charge in [0, 0.05) is 0 Å². The standard InChI is InChI=1S/C18H25F2NO3/c1-4-5-6-7-11-24-18(23)16(12(2)3)21-17(22)15-13(19)9-8-10-14(15)20/h8-10,12,16H,4-7,11H2,1-3H3,(H,21,22). The molecule has 0 saturated heterocycles. The van der Waals surface area contributed by atoms with Crippen LogP contribution in [0.25, 0.3) is 0 Å². The Balaban J connectivity index is 2.68. The molecule has 0 aliphatic rings. The van der Waals surface area contributed by atoms with Crippen molar-refractivity contribution in [2.45, 2.75) is 52.5 Å². The number of carbonyl (C=O) groups is 2. The molecule has 0 heterocycles. The van der Waals surface area contributed by atoms with E-state index < -0.39 is 35.1 Å². The number of nitrogens with one attached hydrogen (secondary N) is 1. The highest BCUT2D eigenvalue weighted by atomic mass is 19.1. The summed E-state index contributed by atoms with van der Waals surface area (Å²) in [6.45, 7) is 5.80. The van der Waals surface area contributed by atoms with Gasteiger partial charge in [-0.25, -0.2) is 13.6 Å². The minimum Gasteiger partial charge on any atom is -0.464 e. The van der Waals surface area contributed by atoms with Gasteiger partial charge in [-0.15, -0.1) is 0 Å². The van der Waals surface area contributed by atoms with Gasteiger partial charge in [0.1, 0.15) is 23.2 Å². The number of esters is 1. The number of ether oxygens (including phenoxy) is 1. The predicted octanol–water partition coefficient (Wildman–Crippen LogP) is 3.84. The largest absolute Gasteiger partial charge is 0.464 e. The second-order valence-electron chi connectivity index (χ2n) is 6.02. The van der Waals surface area contributed by atoms with Crippen molar-refractivity contribution in [3.63, 3.8) is 0 Å². The monoisotopic (exact) mass is 341 g/mol. The van der Waals surface area contributed by atoms with Gasteiger partial charge in [0.2, 0.25) is 0 Å². The summed E-state index contributed by atoms with van der Waals surface area (Å²) in [4.78, 5) is 24.3. The third-order valence-electron chi connectivity index (χ3n) is 3.64. The molecule has 0 radical (unpaired) electrons. The van der Waals surface area contributed by atoms with Gasteiger partial charge >= 0.3 is 5.97 Å². The van der Waals surface area contributed by atoms with E-state index in [1.807, 2.05) is 0 Å². The third-order valence-corrected chi connectivity index (χ3v) is 3.64. The van der Waals surface area contributed by atoms with Crippen LogP contribution >= 0.6 is 0 Å². The molecule has 1 amide bonds. The van der Waals surface area contributed by atoms with Crippen molar-refractivity contribution in [2.24, 2.45) is 5.92 Å². The first-order valence-corrected chi connectivity index (χ1v) is 8.30. The van der Waals surface area contributed by atoms with E-state index in [2.05, 4.69) is 12.2 Å². The Kier molecular flexibility index (Phi) is 8.36. The molecule has 134 valence electrons. The number of carbonyl (C=O) groups excluding carboxylic acids is 2. The molecule has 1 unspecified atom stereocenters. The van der Waals surface area contributed by atoms with E-state index in [0.717, 1.165) is 37.8 Å². The van der Waals surface area contributed by atoms with Crippen molar-refractivity contribution >= 4 is 11.9 Å². The summed E-state index contributed by atoms with van der Waals surface area (Å²) in [6, 6.07) is 2.21. The van der Waals surface area contributed by atoms with Crippen LogP contribution < -0.4 is 5.32 Å². The minimum atomic E-state index is -0.970. The van der Waals surface area contributed by atoms with E-state index in [0.29, 0.717) is 0 Å². The van der Waals surface area contributed by atoms with Crippen molar-refractivity contribution in [2.75, 3.05) is 6.61 Å². The normalized spacial score (nSPS) is 12.1. The molecule has 4 nitrogen and oxygen atoms in total. The fourth-order valence-electron chi connectivity index (χ4n) is 2.22. The van der Waals surface area contributed by atoms with Crippen LogP contribution in [0.2, 0.25) is 0 Å². The first-order valence-electron chi connectivity index (χ1n) is 8.30. The Morgan fingerprint density at radius 3 is 2.29 bits per heavy atom. The number of hydrogen-bond donors (Lipinski definition) is 1. The quantitative estimate of drug-likeness (QED) is 0.548. The fourth-order valence-corrected chi connectivity index (χ4v) is 2.22. The van der Waals surface area contributed by atoms with E-state index in [4.69, 9.17) is 4.74 Å². The lowest BCUT2D eigenvalue weighted by molar-refractivity contribution is -0.147. The summed E-state index contributed by atoms with van der Waals surface area (Å²) < 4.78 is 32.5. The molecule has 0 saturated carbocycles. The molecule has 0 aliphatic heterocycles. The van der Waals surface area contributed by atoms with Crippen molar-refractivity contribution in [3.05, 3.63) is 35.4 Å². The Morgan fingerprint density at radius 2 is 1.75 bits per heavy atom. The lowest BCUT2D eigenvalue weighted by Gasteiger charge is -2.21. The van der Waals surface area contributed by atoms with Crippen molar-refractivity contribution in [3.8, 4) is 0 Å². The molecule has 0 bridgehead atoms. The van der Waals surface area contributed by atoms with Gasteiger partial charge in [-0.1, -0.05) is 46.1 Å². The van der Waals surface area contributed by atoms with Crippen LogP contribution in [0, 0.1) is 17.6 Å². The molecule has 1 N–H and O–H groups in total. The second kappa shape index (κ2) is 10.0. The SMILES string of the molecule is CCCCCCOC(=O)C(NC(=O)c1c(F)cccc1F)C(C)C. The summed E-state index contributed by atoms with van der Waals surface area (Å²) >= 11 is 0. The Morgan fingerprint density at radius 1 is 1.12 bits per heavy atom. The maximum atomic E-state index is 13.7. The number of unbranched alkanes of at least 4 members (excludes halogenated alkanes) is 3. The van der Waals surface area contributed by atoms with E-state index in [9.17, 15) is 18.4 Å². The van der Waals surface area contributed by atoms with Crippen LogP contribution in [-0.4, -0.2) is 24.5 Å².